The highest BCUT2D eigenvalue weighted by Gasteiger charge is 2.46. The number of alkyl halides is 3. The van der Waals surface area contributed by atoms with Crippen LogP contribution in [0.1, 0.15) is 26.7 Å². The third-order valence-corrected chi connectivity index (χ3v) is 3.14. The number of nitrogens with zero attached hydrogens (tertiary/aromatic N) is 1. The molecule has 0 amide bonds. The van der Waals surface area contributed by atoms with E-state index in [0.29, 0.717) is 6.42 Å². The molecule has 0 N–H and O–H groups in total. The van der Waals surface area contributed by atoms with E-state index in [4.69, 9.17) is 39.5 Å². The average molecular weight is 274 g/mol. The molecule has 1 fully saturated rings. The lowest BCUT2D eigenvalue weighted by Gasteiger charge is -2.25. The topological polar surface area (TPSA) is 12.2 Å². The lowest BCUT2D eigenvalue weighted by Crippen LogP contribution is -2.28. The van der Waals surface area contributed by atoms with Crippen molar-refractivity contribution in [1.82, 2.24) is 0 Å². The fourth-order valence-corrected chi connectivity index (χ4v) is 2.08. The van der Waals surface area contributed by atoms with Gasteiger partial charge in [0, 0.05) is 11.8 Å². The second-order valence-corrected chi connectivity index (χ2v) is 7.40. The first kappa shape index (κ1) is 13.4. The Kier molecular flexibility index (Phi) is 3.85. The van der Waals surface area contributed by atoms with Crippen LogP contribution in [-0.4, -0.2) is 34.5 Å². The highest BCUT2D eigenvalue weighted by Crippen LogP contribution is 2.43. The number of hydrogen-bond donors (Lipinski definition) is 0. The molecule has 0 radical (unpaired) electrons. The van der Waals surface area contributed by atoms with Gasteiger partial charge in [-0.1, -0.05) is 48.7 Å². The van der Waals surface area contributed by atoms with Crippen LogP contribution in [0.15, 0.2) is 0 Å². The molecule has 0 spiro atoms. The van der Waals surface area contributed by atoms with Crippen LogP contribution < -0.4 is 0 Å². The van der Waals surface area contributed by atoms with Crippen LogP contribution in [0.5, 0.6) is 0 Å². The van der Waals surface area contributed by atoms with Crippen LogP contribution in [0.25, 0.3) is 0 Å². The van der Waals surface area contributed by atoms with Crippen molar-refractivity contribution in [2.24, 2.45) is 5.41 Å². The highest BCUT2D eigenvalue weighted by molar-refractivity contribution is 6.67. The third kappa shape index (κ3) is 3.69. The predicted molar refractivity (Wildman–Crippen MR) is 65.3 cm³/mol. The van der Waals surface area contributed by atoms with E-state index in [2.05, 4.69) is 13.8 Å². The van der Waals surface area contributed by atoms with E-state index in [1.165, 1.54) is 0 Å². The van der Waals surface area contributed by atoms with Crippen molar-refractivity contribution in [3.63, 3.8) is 0 Å². The van der Waals surface area contributed by atoms with Gasteiger partial charge in [0.05, 0.1) is 6.42 Å². The van der Waals surface area contributed by atoms with Crippen LogP contribution >= 0.6 is 34.8 Å². The maximum Gasteiger partial charge on any atom is 0.336 e. The molecule has 1 rings (SSSR count). The van der Waals surface area contributed by atoms with Gasteiger partial charge in [-0.25, -0.2) is 4.58 Å². The molecule has 2 nitrogen and oxygen atoms in total. The van der Waals surface area contributed by atoms with Crippen molar-refractivity contribution < 1.29 is 9.31 Å². The van der Waals surface area contributed by atoms with E-state index in [9.17, 15) is 0 Å². The van der Waals surface area contributed by atoms with Crippen LogP contribution in [0.4, 0.5) is 0 Å². The molecular formula is C10H17Cl3NO+. The van der Waals surface area contributed by atoms with Gasteiger partial charge in [-0.15, -0.1) is 0 Å². The average Bonchev–Trinajstić information content (AvgIpc) is 2.24. The summed E-state index contributed by atoms with van der Waals surface area (Å²) >= 11 is 17.4. The number of hydrogen-bond acceptors (Lipinski definition) is 1. The van der Waals surface area contributed by atoms with Gasteiger partial charge in [-0.3, -0.25) is 0 Å². The molecule has 0 aliphatic carbocycles. The van der Waals surface area contributed by atoms with Crippen molar-refractivity contribution >= 4 is 40.7 Å². The molecule has 0 aromatic rings. The number of rotatable bonds is 1. The van der Waals surface area contributed by atoms with Gasteiger partial charge >= 0.3 is 5.90 Å². The van der Waals surface area contributed by atoms with E-state index < -0.39 is 3.79 Å². The fourth-order valence-electron chi connectivity index (χ4n) is 1.66. The summed E-state index contributed by atoms with van der Waals surface area (Å²) < 4.78 is 6.53. The monoisotopic (exact) mass is 272 g/mol. The first-order valence-electron chi connectivity index (χ1n) is 4.88. The lowest BCUT2D eigenvalue weighted by molar-refractivity contribution is -0.475. The predicted octanol–water partition coefficient (Wildman–Crippen LogP) is 3.23. The summed E-state index contributed by atoms with van der Waals surface area (Å²) in [6.45, 7) is 4.26. The molecule has 1 saturated heterocycles. The zero-order valence-corrected chi connectivity index (χ0v) is 11.7. The molecule has 1 heterocycles. The Hall–Kier alpha value is 0.340. The van der Waals surface area contributed by atoms with Crippen LogP contribution in [0.2, 0.25) is 0 Å². The Morgan fingerprint density at radius 1 is 1.40 bits per heavy atom. The van der Waals surface area contributed by atoms with Crippen molar-refractivity contribution in [3.8, 4) is 0 Å². The number of halogens is 3. The van der Waals surface area contributed by atoms with Crippen LogP contribution in [0.3, 0.4) is 0 Å². The fraction of sp³-hybridized carbons (Fsp3) is 0.900. The zero-order chi connectivity index (χ0) is 11.9. The molecular weight excluding hydrogens is 256 g/mol. The Morgan fingerprint density at radius 2 is 1.93 bits per heavy atom. The summed E-state index contributed by atoms with van der Waals surface area (Å²) in [6.07, 6.45) is 1.26. The Bertz CT molecular complexity index is 277. The molecule has 88 valence electrons. The minimum absolute atomic E-state index is 0.0174. The van der Waals surface area contributed by atoms with Crippen molar-refractivity contribution in [1.29, 1.82) is 0 Å². The van der Waals surface area contributed by atoms with Gasteiger partial charge in [0.1, 0.15) is 20.2 Å². The zero-order valence-electron chi connectivity index (χ0n) is 9.48. The van der Waals surface area contributed by atoms with Gasteiger partial charge in [-0.05, 0) is 0 Å². The Labute approximate surface area is 106 Å². The first-order chi connectivity index (χ1) is 6.62. The van der Waals surface area contributed by atoms with E-state index in [1.807, 2.05) is 18.7 Å². The molecule has 1 atom stereocenters. The van der Waals surface area contributed by atoms with Crippen LogP contribution in [0, 0.1) is 5.41 Å². The molecule has 0 aromatic carbocycles. The summed E-state index contributed by atoms with van der Waals surface area (Å²) in [6, 6.07) is 0. The molecule has 1 aliphatic heterocycles. The van der Waals surface area contributed by atoms with E-state index >= 15 is 0 Å². The van der Waals surface area contributed by atoms with Gasteiger partial charge < -0.3 is 4.74 Å². The Morgan fingerprint density at radius 3 is 2.27 bits per heavy atom. The van der Waals surface area contributed by atoms with Gasteiger partial charge in [0.25, 0.3) is 0 Å². The summed E-state index contributed by atoms with van der Waals surface area (Å²) in [4.78, 5) is 0. The SMILES string of the molecule is C[N+](C)=C1CC(C)(C)C(CC(Cl)(Cl)Cl)O1. The summed E-state index contributed by atoms with van der Waals surface area (Å²) in [5.41, 5.74) is 0.0174. The largest absolute Gasteiger partial charge is 0.444 e. The summed E-state index contributed by atoms with van der Waals surface area (Å²) in [7, 11) is 3.92. The van der Waals surface area contributed by atoms with E-state index in [1.54, 1.807) is 0 Å². The molecule has 1 aliphatic rings. The molecule has 15 heavy (non-hydrogen) atoms. The van der Waals surface area contributed by atoms with Gasteiger partial charge in [-0.2, -0.15) is 0 Å². The summed E-state index contributed by atoms with van der Waals surface area (Å²) in [5.74, 6) is 0.958. The smallest absolute Gasteiger partial charge is 0.336 e. The summed E-state index contributed by atoms with van der Waals surface area (Å²) in [5, 5.41) is 0. The standard InChI is InChI=1S/C10H17Cl3NO/c1-9(2)6-8(14(3)4)15-7(9)5-10(11,12)13/h7H,5-6H2,1-4H3/q+1. The van der Waals surface area contributed by atoms with E-state index in [-0.39, 0.29) is 11.5 Å². The molecule has 0 bridgehead atoms. The minimum atomic E-state index is -1.25. The van der Waals surface area contributed by atoms with Crippen molar-refractivity contribution in [2.75, 3.05) is 14.1 Å². The second-order valence-electron chi connectivity index (χ2n) is 4.88. The van der Waals surface area contributed by atoms with Crippen molar-refractivity contribution in [3.05, 3.63) is 0 Å². The van der Waals surface area contributed by atoms with Gasteiger partial charge in [0.2, 0.25) is 0 Å². The maximum absolute atomic E-state index is 5.80. The molecule has 1 unspecified atom stereocenters. The molecule has 0 saturated carbocycles. The Balaban J connectivity index is 2.80. The molecule has 0 aromatic heterocycles. The second kappa shape index (κ2) is 4.31. The minimum Gasteiger partial charge on any atom is -0.444 e. The van der Waals surface area contributed by atoms with Gasteiger partial charge in [0.15, 0.2) is 3.79 Å². The first-order valence-corrected chi connectivity index (χ1v) is 6.02. The van der Waals surface area contributed by atoms with E-state index in [0.717, 1.165) is 12.3 Å². The molecule has 5 heteroatoms. The lowest BCUT2D eigenvalue weighted by atomic mass is 9.84. The van der Waals surface area contributed by atoms with Crippen LogP contribution in [-0.2, 0) is 4.74 Å². The highest BCUT2D eigenvalue weighted by atomic mass is 35.6. The normalized spacial score (nSPS) is 25.3. The maximum atomic E-state index is 5.80. The van der Waals surface area contributed by atoms with Crippen molar-refractivity contribution in [2.45, 2.75) is 36.6 Å². The number of ether oxygens (including phenoxy) is 1. The quantitative estimate of drug-likeness (QED) is 0.528. The third-order valence-electron chi connectivity index (χ3n) is 2.67.